The molecular weight excluding hydrogens is 916 g/mol. The van der Waals surface area contributed by atoms with Crippen LogP contribution >= 0.6 is 0 Å². The summed E-state index contributed by atoms with van der Waals surface area (Å²) in [5.41, 5.74) is -17.7. The molecule has 0 amide bonds. The van der Waals surface area contributed by atoms with Gasteiger partial charge in [-0.15, -0.1) is 0 Å². The van der Waals surface area contributed by atoms with Crippen molar-refractivity contribution in [2.75, 3.05) is 0 Å². The van der Waals surface area contributed by atoms with E-state index in [4.69, 9.17) is 9.47 Å². The van der Waals surface area contributed by atoms with Crippen LogP contribution in [0.2, 0.25) is 0 Å². The molecule has 0 aromatic carbocycles. The highest BCUT2D eigenvalue weighted by Gasteiger charge is 2.80. The molecule has 65 heavy (non-hydrogen) atoms. The number of carbonyl (C=O) groups excluding carboxylic acids is 5. The molecule has 3 saturated carbocycles. The number of alkyl halides is 12. The van der Waals surface area contributed by atoms with Crippen LogP contribution in [0.15, 0.2) is 0 Å². The fourth-order valence-corrected chi connectivity index (χ4v) is 10.5. The van der Waals surface area contributed by atoms with E-state index in [1.165, 1.54) is 6.92 Å². The van der Waals surface area contributed by atoms with Crippen molar-refractivity contribution in [3.05, 3.63) is 0 Å². The minimum atomic E-state index is -6.82. The van der Waals surface area contributed by atoms with Gasteiger partial charge in [0.1, 0.15) is 17.3 Å². The second-order valence-corrected chi connectivity index (χ2v) is 19.4. The number of hydrogen-bond acceptors (Lipinski definition) is 12. The summed E-state index contributed by atoms with van der Waals surface area (Å²) in [6.45, 7) is 8.51. The van der Waals surface area contributed by atoms with E-state index in [-0.39, 0.29) is 19.8 Å². The van der Waals surface area contributed by atoms with Gasteiger partial charge in [-0.25, -0.2) is 9.59 Å². The highest BCUT2D eigenvalue weighted by atomic mass is 19.4. The highest BCUT2D eigenvalue weighted by molar-refractivity contribution is 6.00. The van der Waals surface area contributed by atoms with E-state index in [2.05, 4.69) is 18.9 Å². The van der Waals surface area contributed by atoms with Gasteiger partial charge in [0.2, 0.25) is 5.60 Å². The molecule has 25 heteroatoms. The molecule has 4 rings (SSSR count). The molecule has 1 N–H and O–H groups in total. The van der Waals surface area contributed by atoms with Crippen LogP contribution in [0.1, 0.15) is 101 Å². The van der Waals surface area contributed by atoms with Crippen molar-refractivity contribution in [2.45, 2.75) is 154 Å². The third kappa shape index (κ3) is 9.79. The zero-order chi connectivity index (χ0) is 50.2. The van der Waals surface area contributed by atoms with Gasteiger partial charge < -0.3 is 33.5 Å². The molecule has 1 saturated heterocycles. The van der Waals surface area contributed by atoms with Gasteiger partial charge in [-0.05, 0) is 111 Å². The van der Waals surface area contributed by atoms with Crippen molar-refractivity contribution in [2.24, 2.45) is 58.7 Å². The molecule has 2 bridgehead atoms. The summed E-state index contributed by atoms with van der Waals surface area (Å²) in [5, 5.41) is 9.70. The van der Waals surface area contributed by atoms with Crippen molar-refractivity contribution in [1.82, 2.24) is 0 Å². The molecule has 0 aromatic rings. The summed E-state index contributed by atoms with van der Waals surface area (Å²) < 4.78 is 211. The largest absolute Gasteiger partial charge is 0.510 e. The van der Waals surface area contributed by atoms with Crippen LogP contribution in [-0.2, 0) is 47.6 Å². The van der Waals surface area contributed by atoms with E-state index >= 15 is 52.7 Å². The lowest BCUT2D eigenvalue weighted by Crippen LogP contribution is -2.67. The standard InChI is InChI=1S/C40H50F12O13/c1-10-35(38(44,45)46,25-24(27(55)61-28(25)56)23-16(2)21-11-17(23)12-22(21)26(53)54)29(57)60-20-14-18(34(9,37(41,42)43)64-30(58)62-32(3,4)5)13-19(15-20)36(39(47,48)49,40(50,51)52)65-31(59)63-33(6,7)8/h16-25H,10-15H2,1-9H3,(H,53,54). The number of ether oxygens (including phenoxy) is 6. The third-order valence-corrected chi connectivity index (χ3v) is 13.3. The van der Waals surface area contributed by atoms with Crippen LogP contribution < -0.4 is 0 Å². The number of carboxylic acid groups (broad SMARTS) is 1. The summed E-state index contributed by atoms with van der Waals surface area (Å²) >= 11 is 0. The van der Waals surface area contributed by atoms with Crippen LogP contribution in [-0.4, -0.2) is 94.5 Å². The number of rotatable bonds is 10. The third-order valence-electron chi connectivity index (χ3n) is 13.3. The predicted octanol–water partition coefficient (Wildman–Crippen LogP) is 9.67. The Labute approximate surface area is 363 Å². The molecule has 0 radical (unpaired) electrons. The number of carboxylic acids is 1. The van der Waals surface area contributed by atoms with Gasteiger partial charge in [-0.2, -0.15) is 52.7 Å². The fourth-order valence-electron chi connectivity index (χ4n) is 10.5. The van der Waals surface area contributed by atoms with Gasteiger partial charge in [0.05, 0.1) is 17.8 Å². The first-order valence-electron chi connectivity index (χ1n) is 20.4. The number of hydrogen-bond donors (Lipinski definition) is 1. The van der Waals surface area contributed by atoms with Crippen LogP contribution in [0, 0.1) is 58.7 Å². The van der Waals surface area contributed by atoms with Gasteiger partial charge in [0.25, 0.3) is 0 Å². The van der Waals surface area contributed by atoms with E-state index in [0.717, 1.165) is 41.5 Å². The van der Waals surface area contributed by atoms with E-state index in [9.17, 15) is 33.9 Å². The summed E-state index contributed by atoms with van der Waals surface area (Å²) in [6.07, 6.45) is -40.3. The van der Waals surface area contributed by atoms with Crippen molar-refractivity contribution < 1.29 is 115 Å². The molecular formula is C40H50F12O13. The number of esters is 3. The minimum Gasteiger partial charge on any atom is -0.481 e. The molecule has 4 aliphatic rings. The number of carbonyl (C=O) groups is 6. The summed E-state index contributed by atoms with van der Waals surface area (Å²) in [4.78, 5) is 78.5. The summed E-state index contributed by atoms with van der Waals surface area (Å²) in [7, 11) is 0. The lowest BCUT2D eigenvalue weighted by atomic mass is 9.60. The first-order chi connectivity index (χ1) is 29.1. The predicted molar refractivity (Wildman–Crippen MR) is 192 cm³/mol. The molecule has 0 aromatic heterocycles. The number of cyclic esters (lactones) is 2. The maximum atomic E-state index is 15.7. The van der Waals surface area contributed by atoms with Gasteiger partial charge in [-0.1, -0.05) is 13.8 Å². The monoisotopic (exact) mass is 966 g/mol. The van der Waals surface area contributed by atoms with Crippen LogP contribution in [0.3, 0.4) is 0 Å². The number of fused-ring (bicyclic) bond motifs is 2. The van der Waals surface area contributed by atoms with E-state index in [0.29, 0.717) is 6.92 Å². The van der Waals surface area contributed by atoms with Gasteiger partial charge >= 0.3 is 66.5 Å². The second kappa shape index (κ2) is 17.1. The van der Waals surface area contributed by atoms with E-state index < -0.39 is 174 Å². The normalized spacial score (nSPS) is 31.0. The van der Waals surface area contributed by atoms with Crippen molar-refractivity contribution in [1.29, 1.82) is 0 Å². The Kier molecular flexibility index (Phi) is 14.1. The van der Waals surface area contributed by atoms with Crippen molar-refractivity contribution >= 4 is 36.2 Å². The summed E-state index contributed by atoms with van der Waals surface area (Å²) in [6, 6.07) is 0. The van der Waals surface area contributed by atoms with Crippen molar-refractivity contribution in [3.63, 3.8) is 0 Å². The molecule has 12 atom stereocenters. The highest BCUT2D eigenvalue weighted by Crippen LogP contribution is 2.64. The molecule has 1 heterocycles. The van der Waals surface area contributed by atoms with E-state index in [1.807, 2.05) is 0 Å². The fraction of sp³-hybridized carbons (Fsp3) is 0.850. The Bertz CT molecular complexity index is 1850. The maximum Gasteiger partial charge on any atom is 0.510 e. The van der Waals surface area contributed by atoms with Crippen LogP contribution in [0.4, 0.5) is 62.3 Å². The van der Waals surface area contributed by atoms with Crippen LogP contribution in [0.25, 0.3) is 0 Å². The smallest absolute Gasteiger partial charge is 0.481 e. The second-order valence-electron chi connectivity index (χ2n) is 19.4. The molecule has 13 nitrogen and oxygen atoms in total. The molecule has 1 aliphatic heterocycles. The quantitative estimate of drug-likeness (QED) is 0.0948. The van der Waals surface area contributed by atoms with E-state index in [1.54, 1.807) is 0 Å². The molecule has 372 valence electrons. The molecule has 3 aliphatic carbocycles. The SMILES string of the molecule is CCC(C(=O)OC1CC(C(C)(OC(=O)OC(C)(C)C)C(F)(F)F)CC(C(OC(=O)OC(C)(C)C)(C(F)(F)F)C(F)(F)F)C1)(C1C(=O)OC(=O)C1C1C2CC(C(=O)O)C(C2)C1C)C(F)(F)F. The Hall–Kier alpha value is -4.22. The molecule has 4 fully saturated rings. The summed E-state index contributed by atoms with van der Waals surface area (Å²) in [5.74, 6) is -23.4. The first kappa shape index (κ1) is 53.4. The first-order valence-corrected chi connectivity index (χ1v) is 20.4. The Balaban J connectivity index is 1.93. The maximum absolute atomic E-state index is 15.7. The molecule has 0 spiro atoms. The number of aliphatic carboxylic acids is 1. The van der Waals surface area contributed by atoms with Gasteiger partial charge in [-0.3, -0.25) is 19.2 Å². The minimum absolute atomic E-state index is 0.0165. The average Bonchev–Trinajstić information content (AvgIpc) is 3.74. The van der Waals surface area contributed by atoms with Gasteiger partial charge in [0, 0.05) is 11.8 Å². The van der Waals surface area contributed by atoms with Crippen molar-refractivity contribution in [3.8, 4) is 0 Å². The Morgan fingerprint density at radius 2 is 1.14 bits per heavy atom. The molecule has 12 unspecified atom stereocenters. The van der Waals surface area contributed by atoms with Crippen LogP contribution in [0.5, 0.6) is 0 Å². The topological polar surface area (TPSA) is 178 Å². The zero-order valence-electron chi connectivity index (χ0n) is 36.4. The Morgan fingerprint density at radius 3 is 1.55 bits per heavy atom. The Morgan fingerprint density at radius 1 is 0.646 bits per heavy atom. The number of halogens is 12. The zero-order valence-corrected chi connectivity index (χ0v) is 36.4. The van der Waals surface area contributed by atoms with Gasteiger partial charge in [0.15, 0.2) is 5.41 Å². The lowest BCUT2D eigenvalue weighted by Gasteiger charge is -2.49. The lowest BCUT2D eigenvalue weighted by molar-refractivity contribution is -0.392. The average molecular weight is 967 g/mol.